The molecule has 0 aromatic heterocycles. The Morgan fingerprint density at radius 1 is 1.20 bits per heavy atom. The molecule has 0 amide bonds. The van der Waals surface area contributed by atoms with Crippen molar-refractivity contribution in [2.75, 3.05) is 19.8 Å². The van der Waals surface area contributed by atoms with Crippen LogP contribution in [-0.4, -0.2) is 37.4 Å². The van der Waals surface area contributed by atoms with Crippen LogP contribution >= 0.6 is 0 Å². The van der Waals surface area contributed by atoms with Crippen LogP contribution in [0, 0.1) is 0 Å². The van der Waals surface area contributed by atoms with E-state index in [9.17, 15) is 14.4 Å². The van der Waals surface area contributed by atoms with Gasteiger partial charge in [-0.25, -0.2) is 4.79 Å². The molecule has 1 aromatic carbocycles. The van der Waals surface area contributed by atoms with E-state index in [1.165, 1.54) is 0 Å². The van der Waals surface area contributed by atoms with Crippen molar-refractivity contribution >= 4 is 17.5 Å². The first kappa shape index (κ1) is 20.3. The molecule has 0 unspecified atom stereocenters. The molecule has 0 fully saturated rings. The highest BCUT2D eigenvalue weighted by Gasteiger charge is 2.19. The molecule has 0 heterocycles. The number of rotatable bonds is 7. The van der Waals surface area contributed by atoms with Crippen LogP contribution in [-0.2, 0) is 19.1 Å². The second-order valence-electron chi connectivity index (χ2n) is 4.90. The van der Waals surface area contributed by atoms with Crippen molar-refractivity contribution in [1.82, 2.24) is 0 Å². The van der Waals surface area contributed by atoms with Gasteiger partial charge in [0.05, 0.1) is 12.2 Å². The van der Waals surface area contributed by atoms with Gasteiger partial charge in [-0.1, -0.05) is 49.1 Å². The van der Waals surface area contributed by atoms with Crippen LogP contribution in [0.5, 0.6) is 0 Å². The zero-order valence-corrected chi connectivity index (χ0v) is 14.3. The van der Waals surface area contributed by atoms with Crippen LogP contribution in [0.4, 0.5) is 0 Å². The fraction of sp³-hybridized carbons (Fsp3) is 0.250. The number of hydrogen-bond acceptors (Lipinski definition) is 5. The summed E-state index contributed by atoms with van der Waals surface area (Å²) in [5, 5.41) is 0. The number of esters is 1. The van der Waals surface area contributed by atoms with Crippen molar-refractivity contribution in [1.29, 1.82) is 0 Å². The Morgan fingerprint density at radius 3 is 2.52 bits per heavy atom. The number of benzene rings is 1. The Labute approximate surface area is 147 Å². The molecule has 2 rings (SSSR count). The lowest BCUT2D eigenvalue weighted by Gasteiger charge is -2.06. The van der Waals surface area contributed by atoms with Gasteiger partial charge in [0.25, 0.3) is 0 Å². The summed E-state index contributed by atoms with van der Waals surface area (Å²) in [5.41, 5.74) is 0.844. The Hall–Kier alpha value is -2.79. The number of allylic oxidation sites excluding steroid dienone is 4. The standard InChI is InChI=1S/C13H10O2.C7H12O3/c14-12-9-5-4-8-11(12)13(15)10-6-2-1-3-7-10;1-3-7(8)10-6-5-9-4-2/h1-8H,9H2;3H,1,4-6H2,2H3. The minimum absolute atomic E-state index is 0.105. The molecule has 0 saturated heterocycles. The van der Waals surface area contributed by atoms with Crippen molar-refractivity contribution in [3.8, 4) is 0 Å². The molecule has 1 aliphatic carbocycles. The molecule has 1 aliphatic rings. The molecule has 0 atom stereocenters. The van der Waals surface area contributed by atoms with Crippen LogP contribution in [0.25, 0.3) is 0 Å². The molecule has 0 spiro atoms. The topological polar surface area (TPSA) is 69.7 Å². The van der Waals surface area contributed by atoms with Gasteiger partial charge in [-0.3, -0.25) is 9.59 Å². The monoisotopic (exact) mass is 342 g/mol. The summed E-state index contributed by atoms with van der Waals surface area (Å²) >= 11 is 0. The van der Waals surface area contributed by atoms with Gasteiger partial charge in [0.2, 0.25) is 0 Å². The van der Waals surface area contributed by atoms with Crippen molar-refractivity contribution < 1.29 is 23.9 Å². The third-order valence-corrected chi connectivity index (χ3v) is 3.13. The first-order valence-electron chi connectivity index (χ1n) is 7.96. The minimum Gasteiger partial charge on any atom is -0.460 e. The number of Topliss-reactive ketones (excluding diaryl/α,β-unsaturated/α-hetero) is 2. The average molecular weight is 342 g/mol. The molecule has 0 saturated carbocycles. The molecule has 0 bridgehead atoms. The van der Waals surface area contributed by atoms with E-state index in [2.05, 4.69) is 11.3 Å². The predicted molar refractivity (Wildman–Crippen MR) is 95.3 cm³/mol. The summed E-state index contributed by atoms with van der Waals surface area (Å²) in [7, 11) is 0. The first-order valence-corrected chi connectivity index (χ1v) is 7.96. The fourth-order valence-corrected chi connectivity index (χ4v) is 1.89. The number of ketones is 2. The molecule has 1 aromatic rings. The van der Waals surface area contributed by atoms with Crippen molar-refractivity contribution in [2.45, 2.75) is 13.3 Å². The lowest BCUT2D eigenvalue weighted by Crippen LogP contribution is -2.14. The molecule has 5 nitrogen and oxygen atoms in total. The molecule has 0 aliphatic heterocycles. The van der Waals surface area contributed by atoms with Crippen LogP contribution in [0.3, 0.4) is 0 Å². The Bertz CT molecular complexity index is 656. The van der Waals surface area contributed by atoms with Gasteiger partial charge in [-0.15, -0.1) is 0 Å². The van der Waals surface area contributed by atoms with E-state index < -0.39 is 5.97 Å². The minimum atomic E-state index is -0.403. The van der Waals surface area contributed by atoms with Crippen LogP contribution < -0.4 is 0 Å². The Balaban J connectivity index is 0.000000275. The lowest BCUT2D eigenvalue weighted by atomic mass is 9.95. The van der Waals surface area contributed by atoms with Gasteiger partial charge in [0.15, 0.2) is 11.6 Å². The van der Waals surface area contributed by atoms with E-state index >= 15 is 0 Å². The third-order valence-electron chi connectivity index (χ3n) is 3.13. The number of carbonyl (C=O) groups is 3. The molecular formula is C20H22O5. The summed E-state index contributed by atoms with van der Waals surface area (Å²) in [6.07, 6.45) is 6.54. The highest BCUT2D eigenvalue weighted by atomic mass is 16.6. The second-order valence-corrected chi connectivity index (χ2v) is 4.90. The van der Waals surface area contributed by atoms with Crippen LogP contribution in [0.15, 0.2) is 66.8 Å². The smallest absolute Gasteiger partial charge is 0.330 e. The van der Waals surface area contributed by atoms with Gasteiger partial charge in [0.1, 0.15) is 6.61 Å². The molecular weight excluding hydrogens is 320 g/mol. The highest BCUT2D eigenvalue weighted by Crippen LogP contribution is 2.14. The van der Waals surface area contributed by atoms with E-state index in [0.717, 1.165) is 6.08 Å². The van der Waals surface area contributed by atoms with E-state index in [1.54, 1.807) is 42.5 Å². The zero-order valence-electron chi connectivity index (χ0n) is 14.3. The summed E-state index contributed by atoms with van der Waals surface area (Å²) in [4.78, 5) is 33.7. The van der Waals surface area contributed by atoms with Crippen LogP contribution in [0.1, 0.15) is 23.7 Å². The molecule has 132 valence electrons. The van der Waals surface area contributed by atoms with Gasteiger partial charge in [0, 0.05) is 24.7 Å². The average Bonchev–Trinajstić information content (AvgIpc) is 2.66. The maximum atomic E-state index is 11.9. The van der Waals surface area contributed by atoms with Crippen LogP contribution in [0.2, 0.25) is 0 Å². The van der Waals surface area contributed by atoms with Crippen molar-refractivity contribution in [3.05, 3.63) is 72.4 Å². The van der Waals surface area contributed by atoms with E-state index in [1.807, 2.05) is 13.0 Å². The van der Waals surface area contributed by atoms with E-state index in [4.69, 9.17) is 4.74 Å². The largest absolute Gasteiger partial charge is 0.460 e. The summed E-state index contributed by atoms with van der Waals surface area (Å²) in [6.45, 7) is 6.53. The highest BCUT2D eigenvalue weighted by molar-refractivity contribution is 6.27. The number of carbonyl (C=O) groups excluding carboxylic acids is 3. The van der Waals surface area contributed by atoms with Gasteiger partial charge in [-0.05, 0) is 13.0 Å². The molecule has 0 radical (unpaired) electrons. The fourth-order valence-electron chi connectivity index (χ4n) is 1.89. The maximum absolute atomic E-state index is 11.9. The first-order chi connectivity index (χ1) is 12.1. The van der Waals surface area contributed by atoms with Gasteiger partial charge in [-0.2, -0.15) is 0 Å². The number of ether oxygens (including phenoxy) is 2. The third kappa shape index (κ3) is 7.54. The van der Waals surface area contributed by atoms with E-state index in [0.29, 0.717) is 31.8 Å². The summed E-state index contributed by atoms with van der Waals surface area (Å²) in [5.74, 6) is -0.698. The van der Waals surface area contributed by atoms with Gasteiger partial charge >= 0.3 is 5.97 Å². The molecule has 0 N–H and O–H groups in total. The normalized spacial score (nSPS) is 12.5. The Kier molecular flexibility index (Phi) is 9.48. The lowest BCUT2D eigenvalue weighted by molar-refractivity contribution is -0.139. The zero-order chi connectivity index (χ0) is 18.5. The van der Waals surface area contributed by atoms with Gasteiger partial charge < -0.3 is 9.47 Å². The molecule has 25 heavy (non-hydrogen) atoms. The van der Waals surface area contributed by atoms with Crippen molar-refractivity contribution in [2.24, 2.45) is 0 Å². The number of hydrogen-bond donors (Lipinski definition) is 0. The quantitative estimate of drug-likeness (QED) is 0.250. The summed E-state index contributed by atoms with van der Waals surface area (Å²) < 4.78 is 9.53. The predicted octanol–water partition coefficient (Wildman–Crippen LogP) is 3.08. The van der Waals surface area contributed by atoms with Crippen molar-refractivity contribution in [3.63, 3.8) is 0 Å². The summed E-state index contributed by atoms with van der Waals surface area (Å²) in [6, 6.07) is 8.85. The maximum Gasteiger partial charge on any atom is 0.330 e. The SMILES string of the molecule is C=CC(=O)OCCOCC.O=C1CC=CC=C1C(=O)c1ccccc1. The second kappa shape index (κ2) is 11.7. The van der Waals surface area contributed by atoms with E-state index in [-0.39, 0.29) is 17.1 Å². The molecule has 5 heteroatoms. The Morgan fingerprint density at radius 2 is 1.92 bits per heavy atom.